The molecule has 0 radical (unpaired) electrons. The molecule has 0 saturated carbocycles. The fourth-order valence-corrected chi connectivity index (χ4v) is 3.98. The summed E-state index contributed by atoms with van der Waals surface area (Å²) in [6.45, 7) is 15.1. The zero-order chi connectivity index (χ0) is 18.8. The van der Waals surface area contributed by atoms with Gasteiger partial charge in [-0.15, -0.1) is 11.3 Å². The van der Waals surface area contributed by atoms with E-state index in [4.69, 9.17) is 0 Å². The topological polar surface area (TPSA) is 52.6 Å². The third-order valence-corrected chi connectivity index (χ3v) is 5.80. The van der Waals surface area contributed by atoms with E-state index >= 15 is 0 Å². The van der Waals surface area contributed by atoms with E-state index in [2.05, 4.69) is 58.6 Å². The molecule has 0 bridgehead atoms. The van der Waals surface area contributed by atoms with Gasteiger partial charge in [-0.05, 0) is 64.1 Å². The van der Waals surface area contributed by atoms with Gasteiger partial charge < -0.3 is 15.5 Å². The van der Waals surface area contributed by atoms with Crippen LogP contribution in [0.4, 0.5) is 0 Å². The van der Waals surface area contributed by atoms with Crippen LogP contribution in [-0.2, 0) is 6.54 Å². The summed E-state index contributed by atoms with van der Waals surface area (Å²) in [6.07, 6.45) is 5.17. The molecule has 6 heteroatoms. The molecule has 1 aromatic rings. The Labute approximate surface area is 163 Å². The van der Waals surface area contributed by atoms with Gasteiger partial charge in [0, 0.05) is 18.5 Å². The molecule has 0 spiro atoms. The molecule has 2 N–H and O–H groups in total. The zero-order valence-corrected chi connectivity index (χ0v) is 17.9. The van der Waals surface area contributed by atoms with Crippen molar-refractivity contribution in [2.24, 2.45) is 10.9 Å². The van der Waals surface area contributed by atoms with E-state index in [1.54, 1.807) is 11.3 Å². The number of aromatic nitrogens is 1. The lowest BCUT2D eigenvalue weighted by Crippen LogP contribution is -2.38. The van der Waals surface area contributed by atoms with Gasteiger partial charge in [0.05, 0.1) is 12.2 Å². The minimum atomic E-state index is 0.485. The molecule has 0 amide bonds. The Hall–Kier alpha value is -1.14. The first-order chi connectivity index (χ1) is 12.6. The third-order valence-electron chi connectivity index (χ3n) is 4.95. The maximum Gasteiger partial charge on any atom is 0.191 e. The van der Waals surface area contributed by atoms with Gasteiger partial charge in [-0.25, -0.2) is 9.98 Å². The smallest absolute Gasteiger partial charge is 0.191 e. The van der Waals surface area contributed by atoms with Gasteiger partial charge in [0.2, 0.25) is 0 Å². The predicted octanol–water partition coefficient (Wildman–Crippen LogP) is 3.83. The first-order valence-electron chi connectivity index (χ1n) is 10.3. The van der Waals surface area contributed by atoms with Crippen molar-refractivity contribution in [2.75, 3.05) is 32.7 Å². The van der Waals surface area contributed by atoms with Crippen LogP contribution < -0.4 is 10.6 Å². The van der Waals surface area contributed by atoms with E-state index in [1.807, 2.05) is 0 Å². The third kappa shape index (κ3) is 7.62. The van der Waals surface area contributed by atoms with E-state index in [-0.39, 0.29) is 0 Å². The number of guanidine groups is 1. The van der Waals surface area contributed by atoms with Crippen LogP contribution in [0.25, 0.3) is 0 Å². The van der Waals surface area contributed by atoms with Crippen LogP contribution in [0.3, 0.4) is 0 Å². The van der Waals surface area contributed by atoms with Crippen molar-refractivity contribution in [1.82, 2.24) is 20.5 Å². The predicted molar refractivity (Wildman–Crippen MR) is 113 cm³/mol. The maximum absolute atomic E-state index is 4.68. The van der Waals surface area contributed by atoms with Gasteiger partial charge in [-0.3, -0.25) is 0 Å². The molecule has 0 atom stereocenters. The summed E-state index contributed by atoms with van der Waals surface area (Å²) in [5, 5.41) is 10.0. The Morgan fingerprint density at radius 1 is 1.31 bits per heavy atom. The van der Waals surface area contributed by atoms with Crippen molar-refractivity contribution in [3.8, 4) is 0 Å². The molecule has 1 aromatic heterocycles. The van der Waals surface area contributed by atoms with E-state index < -0.39 is 0 Å². The first kappa shape index (κ1) is 21.2. The lowest BCUT2D eigenvalue weighted by Gasteiger charge is -2.30. The molecule has 2 heterocycles. The minimum Gasteiger partial charge on any atom is -0.357 e. The Balaban J connectivity index is 1.66. The Bertz CT molecular complexity index is 532. The van der Waals surface area contributed by atoms with Crippen molar-refractivity contribution >= 4 is 17.3 Å². The fourth-order valence-electron chi connectivity index (χ4n) is 3.10. The van der Waals surface area contributed by atoms with Gasteiger partial charge in [-0.2, -0.15) is 0 Å². The van der Waals surface area contributed by atoms with Crippen LogP contribution in [0.5, 0.6) is 0 Å². The molecule has 2 rings (SSSR count). The normalized spacial score (nSPS) is 17.0. The number of aliphatic imine (C=N–C) groups is 1. The second-order valence-electron chi connectivity index (χ2n) is 7.67. The summed E-state index contributed by atoms with van der Waals surface area (Å²) >= 11 is 1.71. The van der Waals surface area contributed by atoms with Crippen molar-refractivity contribution in [3.05, 3.63) is 16.1 Å². The van der Waals surface area contributed by atoms with Gasteiger partial charge in [0.15, 0.2) is 5.96 Å². The second-order valence-corrected chi connectivity index (χ2v) is 8.62. The molecule has 0 aliphatic carbocycles. The van der Waals surface area contributed by atoms with Crippen molar-refractivity contribution in [3.63, 3.8) is 0 Å². The Morgan fingerprint density at radius 3 is 2.73 bits per heavy atom. The molecule has 0 unspecified atom stereocenters. The molecule has 1 fully saturated rings. The number of unbranched alkanes of at least 4 members (excludes halogenated alkanes) is 1. The van der Waals surface area contributed by atoms with Crippen LogP contribution >= 0.6 is 11.3 Å². The zero-order valence-electron chi connectivity index (χ0n) is 17.1. The van der Waals surface area contributed by atoms with Gasteiger partial charge >= 0.3 is 0 Å². The lowest BCUT2D eigenvalue weighted by atomic mass is 9.99. The van der Waals surface area contributed by atoms with E-state index in [0.717, 1.165) is 30.0 Å². The number of hydrogen-bond acceptors (Lipinski definition) is 4. The number of nitrogens with one attached hydrogen (secondary N) is 2. The average molecular weight is 380 g/mol. The monoisotopic (exact) mass is 379 g/mol. The highest BCUT2D eigenvalue weighted by molar-refractivity contribution is 7.09. The summed E-state index contributed by atoms with van der Waals surface area (Å²) in [7, 11) is 0. The minimum absolute atomic E-state index is 0.485. The summed E-state index contributed by atoms with van der Waals surface area (Å²) in [5.74, 6) is 2.31. The van der Waals surface area contributed by atoms with Crippen LogP contribution in [-0.4, -0.2) is 48.6 Å². The standard InChI is InChI=1S/C20H37N5S/c1-5-21-20(23-14-19-24-18(15-26-19)16(2)3)22-10-6-7-11-25-12-8-17(4)9-13-25/h15-17H,5-14H2,1-4H3,(H2,21,22,23). The van der Waals surface area contributed by atoms with Crippen LogP contribution in [0, 0.1) is 5.92 Å². The Morgan fingerprint density at radius 2 is 2.08 bits per heavy atom. The summed E-state index contributed by atoms with van der Waals surface area (Å²) < 4.78 is 0. The number of likely N-dealkylation sites (tertiary alicyclic amines) is 1. The Kier molecular flexibility index (Phi) is 9.40. The molecule has 1 saturated heterocycles. The first-order valence-corrected chi connectivity index (χ1v) is 11.1. The molecule has 0 aromatic carbocycles. The second kappa shape index (κ2) is 11.5. The van der Waals surface area contributed by atoms with Gasteiger partial charge in [-0.1, -0.05) is 20.8 Å². The van der Waals surface area contributed by atoms with E-state index in [1.165, 1.54) is 51.0 Å². The highest BCUT2D eigenvalue weighted by atomic mass is 32.1. The number of rotatable bonds is 9. The van der Waals surface area contributed by atoms with Crippen molar-refractivity contribution < 1.29 is 0 Å². The number of hydrogen-bond donors (Lipinski definition) is 2. The number of nitrogens with zero attached hydrogens (tertiary/aromatic N) is 3. The van der Waals surface area contributed by atoms with Gasteiger partial charge in [0.25, 0.3) is 0 Å². The summed E-state index contributed by atoms with van der Waals surface area (Å²) in [5.41, 5.74) is 1.17. The van der Waals surface area contributed by atoms with Crippen LogP contribution in [0.15, 0.2) is 10.4 Å². The average Bonchev–Trinajstić information content (AvgIpc) is 3.10. The molecular formula is C20H37N5S. The summed E-state index contributed by atoms with van der Waals surface area (Å²) in [6, 6.07) is 0. The van der Waals surface area contributed by atoms with E-state index in [0.29, 0.717) is 12.5 Å². The molecule has 5 nitrogen and oxygen atoms in total. The van der Waals surface area contributed by atoms with E-state index in [9.17, 15) is 0 Å². The molecule has 1 aliphatic rings. The fraction of sp³-hybridized carbons (Fsp3) is 0.800. The highest BCUT2D eigenvalue weighted by Crippen LogP contribution is 2.18. The highest BCUT2D eigenvalue weighted by Gasteiger charge is 2.14. The van der Waals surface area contributed by atoms with Gasteiger partial charge in [0.1, 0.15) is 5.01 Å². The molecule has 1 aliphatic heterocycles. The molecule has 148 valence electrons. The van der Waals surface area contributed by atoms with Crippen molar-refractivity contribution in [2.45, 2.75) is 65.8 Å². The molecule has 26 heavy (non-hydrogen) atoms. The quantitative estimate of drug-likeness (QED) is 0.389. The lowest BCUT2D eigenvalue weighted by molar-refractivity contribution is 0.189. The van der Waals surface area contributed by atoms with Crippen LogP contribution in [0.2, 0.25) is 0 Å². The van der Waals surface area contributed by atoms with Crippen LogP contribution in [0.1, 0.15) is 70.0 Å². The SMILES string of the molecule is CCNC(=NCc1nc(C(C)C)cs1)NCCCCN1CCC(C)CC1. The largest absolute Gasteiger partial charge is 0.357 e. The number of thiazole rings is 1. The number of piperidine rings is 1. The maximum atomic E-state index is 4.68. The molecular weight excluding hydrogens is 342 g/mol. The van der Waals surface area contributed by atoms with Crippen molar-refractivity contribution in [1.29, 1.82) is 0 Å². The summed E-state index contributed by atoms with van der Waals surface area (Å²) in [4.78, 5) is 12.0.